The van der Waals surface area contributed by atoms with Crippen molar-refractivity contribution in [2.24, 2.45) is 0 Å². The number of nitrogens with one attached hydrogen (secondary N) is 1. The van der Waals surface area contributed by atoms with Gasteiger partial charge in [0, 0.05) is 21.1 Å². The summed E-state index contributed by atoms with van der Waals surface area (Å²) in [6.45, 7) is 3.55. The van der Waals surface area contributed by atoms with E-state index in [0.717, 1.165) is 10.2 Å². The van der Waals surface area contributed by atoms with Crippen LogP contribution in [0.2, 0.25) is 0 Å². The maximum Gasteiger partial charge on any atom is 0.282 e. The number of hydrogen-bond donors (Lipinski definition) is 1. The van der Waals surface area contributed by atoms with Gasteiger partial charge in [-0.05, 0) is 32.0 Å². The molecule has 0 atom stereocenters. The van der Waals surface area contributed by atoms with Crippen LogP contribution in [0, 0.1) is 13.8 Å². The van der Waals surface area contributed by atoms with E-state index < -0.39 is 0 Å². The highest BCUT2D eigenvalue weighted by Crippen LogP contribution is 2.17. The average Bonchev–Trinajstić information content (AvgIpc) is 2.84. The molecule has 0 fully saturated rings. The molecule has 1 aromatic carbocycles. The minimum absolute atomic E-state index is 0.212. The van der Waals surface area contributed by atoms with Gasteiger partial charge in [0.25, 0.3) is 11.5 Å². The minimum atomic E-state index is -0.337. The Balaban J connectivity index is 2.05. The summed E-state index contributed by atoms with van der Waals surface area (Å²) in [7, 11) is 0. The molecule has 1 amide bonds. The predicted octanol–water partition coefficient (Wildman–Crippen LogP) is 3.39. The summed E-state index contributed by atoms with van der Waals surface area (Å²) in [4.78, 5) is 29.9. The molecule has 2 aromatic heterocycles. The fourth-order valence-electron chi connectivity index (χ4n) is 2.14. The summed E-state index contributed by atoms with van der Waals surface area (Å²) < 4.78 is 2.31. The van der Waals surface area contributed by atoms with Crippen LogP contribution in [0.25, 0.3) is 4.96 Å². The largest absolute Gasteiger partial charge is 0.316 e. The van der Waals surface area contributed by atoms with Gasteiger partial charge in [-0.3, -0.25) is 14.0 Å². The number of anilines is 1. The number of aryl methyl sites for hydroxylation is 2. The van der Waals surface area contributed by atoms with Crippen molar-refractivity contribution in [2.45, 2.75) is 13.8 Å². The van der Waals surface area contributed by atoms with Gasteiger partial charge in [-0.25, -0.2) is 4.98 Å². The van der Waals surface area contributed by atoms with E-state index in [1.165, 1.54) is 15.7 Å². The molecular weight excluding hydrogens is 366 g/mol. The third kappa shape index (κ3) is 2.57. The Labute approximate surface area is 138 Å². The van der Waals surface area contributed by atoms with Crippen LogP contribution in [-0.2, 0) is 0 Å². The lowest BCUT2D eigenvalue weighted by Crippen LogP contribution is -2.25. The molecule has 0 unspecified atom stereocenters. The van der Waals surface area contributed by atoms with Crippen LogP contribution < -0.4 is 10.9 Å². The van der Waals surface area contributed by atoms with E-state index in [2.05, 4.69) is 26.2 Å². The molecule has 112 valence electrons. The fraction of sp³-hybridized carbons (Fsp3) is 0.133. The van der Waals surface area contributed by atoms with Gasteiger partial charge in [0.2, 0.25) is 0 Å². The minimum Gasteiger partial charge on any atom is -0.316 e. The second kappa shape index (κ2) is 5.66. The first-order chi connectivity index (χ1) is 10.5. The normalized spacial score (nSPS) is 10.9. The Kier molecular flexibility index (Phi) is 3.84. The van der Waals surface area contributed by atoms with E-state index in [-0.39, 0.29) is 17.2 Å². The van der Waals surface area contributed by atoms with E-state index in [9.17, 15) is 9.59 Å². The third-order valence-electron chi connectivity index (χ3n) is 3.25. The van der Waals surface area contributed by atoms with Crippen molar-refractivity contribution < 1.29 is 4.79 Å². The van der Waals surface area contributed by atoms with Crippen molar-refractivity contribution in [2.75, 3.05) is 5.32 Å². The molecule has 3 rings (SSSR count). The number of rotatable bonds is 2. The number of amides is 1. The maximum absolute atomic E-state index is 12.6. The Morgan fingerprint density at radius 2 is 2.14 bits per heavy atom. The fourth-order valence-corrected chi connectivity index (χ4v) is 3.45. The quantitative estimate of drug-likeness (QED) is 0.744. The highest BCUT2D eigenvalue weighted by atomic mass is 79.9. The van der Waals surface area contributed by atoms with Crippen molar-refractivity contribution in [1.29, 1.82) is 0 Å². The Bertz CT molecular complexity index is 946. The summed E-state index contributed by atoms with van der Waals surface area (Å²) in [5.41, 5.74) is 1.74. The lowest BCUT2D eigenvalue weighted by Gasteiger charge is -2.08. The van der Waals surface area contributed by atoms with E-state index in [4.69, 9.17) is 0 Å². The highest BCUT2D eigenvalue weighted by molar-refractivity contribution is 9.10. The standard InChI is InChI=1S/C15H12BrN3O2S/c1-8-7-22-15-17-9(2)12(14(21)19(8)15)18-13(20)10-4-3-5-11(16)6-10/h3-7H,1-2H3,(H,18,20). The van der Waals surface area contributed by atoms with Crippen LogP contribution in [0.4, 0.5) is 5.69 Å². The number of halogens is 1. The summed E-state index contributed by atoms with van der Waals surface area (Å²) in [6, 6.07) is 6.99. The molecule has 7 heteroatoms. The van der Waals surface area contributed by atoms with Gasteiger partial charge in [0.1, 0.15) is 5.69 Å². The molecule has 3 aromatic rings. The first kappa shape index (κ1) is 14.9. The summed E-state index contributed by atoms with van der Waals surface area (Å²) in [5.74, 6) is -0.337. The zero-order chi connectivity index (χ0) is 15.9. The van der Waals surface area contributed by atoms with Crippen LogP contribution in [-0.4, -0.2) is 15.3 Å². The first-order valence-electron chi connectivity index (χ1n) is 6.52. The molecule has 5 nitrogen and oxygen atoms in total. The van der Waals surface area contributed by atoms with E-state index in [1.54, 1.807) is 25.1 Å². The second-order valence-corrected chi connectivity index (χ2v) is 6.59. The molecule has 0 aliphatic carbocycles. The molecule has 0 bridgehead atoms. The van der Waals surface area contributed by atoms with Crippen molar-refractivity contribution in [3.05, 3.63) is 61.4 Å². The van der Waals surface area contributed by atoms with Crippen LogP contribution >= 0.6 is 27.3 Å². The number of benzene rings is 1. The summed E-state index contributed by atoms with van der Waals surface area (Å²) in [6.07, 6.45) is 0. The third-order valence-corrected chi connectivity index (χ3v) is 4.68. The maximum atomic E-state index is 12.6. The summed E-state index contributed by atoms with van der Waals surface area (Å²) in [5, 5.41) is 4.54. The lowest BCUT2D eigenvalue weighted by atomic mass is 10.2. The van der Waals surface area contributed by atoms with Crippen molar-refractivity contribution in [3.63, 3.8) is 0 Å². The first-order valence-corrected chi connectivity index (χ1v) is 8.19. The lowest BCUT2D eigenvalue weighted by molar-refractivity contribution is 0.102. The SMILES string of the molecule is Cc1nc2scc(C)n2c(=O)c1NC(=O)c1cccc(Br)c1. The molecule has 0 spiro atoms. The van der Waals surface area contributed by atoms with Gasteiger partial charge in [-0.2, -0.15) is 0 Å². The molecule has 0 saturated heterocycles. The van der Waals surface area contributed by atoms with Gasteiger partial charge >= 0.3 is 0 Å². The number of carbonyl (C=O) groups excluding carboxylic acids is 1. The Morgan fingerprint density at radius 1 is 1.36 bits per heavy atom. The number of aromatic nitrogens is 2. The molecule has 0 aliphatic heterocycles. The molecular formula is C15H12BrN3O2S. The van der Waals surface area contributed by atoms with Crippen LogP contribution in [0.15, 0.2) is 38.9 Å². The Hall–Kier alpha value is -1.99. The molecule has 1 N–H and O–H groups in total. The second-order valence-electron chi connectivity index (χ2n) is 4.84. The average molecular weight is 378 g/mol. The number of fused-ring (bicyclic) bond motifs is 1. The molecule has 0 saturated carbocycles. The van der Waals surface area contributed by atoms with Gasteiger partial charge in [0.15, 0.2) is 4.96 Å². The van der Waals surface area contributed by atoms with E-state index in [0.29, 0.717) is 16.2 Å². The number of hydrogen-bond acceptors (Lipinski definition) is 4. The van der Waals surface area contributed by atoms with E-state index in [1.807, 2.05) is 18.4 Å². The van der Waals surface area contributed by atoms with Crippen LogP contribution in [0.1, 0.15) is 21.7 Å². The zero-order valence-corrected chi connectivity index (χ0v) is 14.3. The molecule has 22 heavy (non-hydrogen) atoms. The summed E-state index contributed by atoms with van der Waals surface area (Å²) >= 11 is 4.73. The molecule has 2 heterocycles. The monoisotopic (exact) mass is 377 g/mol. The van der Waals surface area contributed by atoms with Gasteiger partial charge in [0.05, 0.1) is 5.69 Å². The number of thiazole rings is 1. The smallest absolute Gasteiger partial charge is 0.282 e. The van der Waals surface area contributed by atoms with Crippen molar-refractivity contribution in [1.82, 2.24) is 9.38 Å². The van der Waals surface area contributed by atoms with Gasteiger partial charge < -0.3 is 5.32 Å². The molecule has 0 radical (unpaired) electrons. The number of nitrogens with zero attached hydrogens (tertiary/aromatic N) is 2. The van der Waals surface area contributed by atoms with Crippen LogP contribution in [0.5, 0.6) is 0 Å². The highest BCUT2D eigenvalue weighted by Gasteiger charge is 2.15. The van der Waals surface area contributed by atoms with E-state index >= 15 is 0 Å². The van der Waals surface area contributed by atoms with Crippen LogP contribution in [0.3, 0.4) is 0 Å². The topological polar surface area (TPSA) is 63.5 Å². The van der Waals surface area contributed by atoms with Crippen molar-refractivity contribution in [3.8, 4) is 0 Å². The zero-order valence-electron chi connectivity index (χ0n) is 11.9. The van der Waals surface area contributed by atoms with Gasteiger partial charge in [-0.1, -0.05) is 22.0 Å². The van der Waals surface area contributed by atoms with Crippen molar-refractivity contribution >= 4 is 43.8 Å². The predicted molar refractivity (Wildman–Crippen MR) is 90.9 cm³/mol. The Morgan fingerprint density at radius 3 is 2.86 bits per heavy atom. The number of carbonyl (C=O) groups is 1. The van der Waals surface area contributed by atoms with Gasteiger partial charge in [-0.15, -0.1) is 11.3 Å². The molecule has 0 aliphatic rings.